The quantitative estimate of drug-likeness (QED) is 0.462. The molecular formula is C23H24N8O2. The molecule has 0 aliphatic carbocycles. The molecule has 4 heterocycles. The lowest BCUT2D eigenvalue weighted by Gasteiger charge is -2.36. The molecule has 0 bridgehead atoms. The Morgan fingerprint density at radius 3 is 2.36 bits per heavy atom. The third-order valence-electron chi connectivity index (χ3n) is 5.61. The molecule has 0 unspecified atom stereocenters. The summed E-state index contributed by atoms with van der Waals surface area (Å²) < 4.78 is 1.90. The maximum Gasteiger partial charge on any atom is 0.229 e. The minimum Gasteiger partial charge on any atom is -0.508 e. The van der Waals surface area contributed by atoms with E-state index >= 15 is 0 Å². The van der Waals surface area contributed by atoms with E-state index in [4.69, 9.17) is 9.97 Å². The zero-order chi connectivity index (χ0) is 22.8. The van der Waals surface area contributed by atoms with E-state index in [2.05, 4.69) is 25.1 Å². The number of rotatable bonds is 6. The second-order valence-corrected chi connectivity index (χ2v) is 7.91. The van der Waals surface area contributed by atoms with Crippen molar-refractivity contribution in [3.8, 4) is 11.4 Å². The lowest BCUT2D eigenvalue weighted by Crippen LogP contribution is -2.47. The van der Waals surface area contributed by atoms with Gasteiger partial charge in [0.15, 0.2) is 17.0 Å². The Labute approximate surface area is 190 Å². The average molecular weight is 444 g/mol. The number of phenols is 1. The first kappa shape index (κ1) is 20.7. The Hall–Kier alpha value is -4.21. The van der Waals surface area contributed by atoms with E-state index in [1.54, 1.807) is 30.9 Å². The van der Waals surface area contributed by atoms with E-state index in [0.29, 0.717) is 22.9 Å². The summed E-state index contributed by atoms with van der Waals surface area (Å²) in [6.45, 7) is 4.77. The standard InChI is InChI=1S/C23H24N8O2/c1-16(32)14-25-21-20-22(31(15-26-20)18-6-8-24-9-7-18)28-23(27-21)30-12-10-29(11-13-30)17-2-4-19(33)5-3-17/h2-9,15,33H,10-14H2,1H3,(H,25,27,28). The fourth-order valence-corrected chi connectivity index (χ4v) is 3.88. The van der Waals surface area contributed by atoms with E-state index in [0.717, 1.165) is 37.6 Å². The van der Waals surface area contributed by atoms with Crippen LogP contribution in [0.1, 0.15) is 6.92 Å². The van der Waals surface area contributed by atoms with E-state index in [9.17, 15) is 9.90 Å². The van der Waals surface area contributed by atoms with Gasteiger partial charge >= 0.3 is 0 Å². The van der Waals surface area contributed by atoms with Gasteiger partial charge < -0.3 is 20.2 Å². The lowest BCUT2D eigenvalue weighted by atomic mass is 10.2. The van der Waals surface area contributed by atoms with Crippen LogP contribution in [0, 0.1) is 0 Å². The van der Waals surface area contributed by atoms with Crippen molar-refractivity contribution in [2.45, 2.75) is 6.92 Å². The third-order valence-corrected chi connectivity index (χ3v) is 5.61. The van der Waals surface area contributed by atoms with Crippen molar-refractivity contribution < 1.29 is 9.90 Å². The molecule has 1 saturated heterocycles. The first-order valence-corrected chi connectivity index (χ1v) is 10.8. The molecular weight excluding hydrogens is 420 g/mol. The molecule has 1 fully saturated rings. The van der Waals surface area contributed by atoms with Gasteiger partial charge in [-0.2, -0.15) is 9.97 Å². The van der Waals surface area contributed by atoms with Crippen LogP contribution in [0.25, 0.3) is 16.9 Å². The summed E-state index contributed by atoms with van der Waals surface area (Å²) in [5.74, 6) is 1.41. The molecule has 3 aromatic heterocycles. The minimum atomic E-state index is 0.0133. The summed E-state index contributed by atoms with van der Waals surface area (Å²) in [6.07, 6.45) is 5.15. The fraction of sp³-hybridized carbons (Fsp3) is 0.261. The second kappa shape index (κ2) is 8.73. The number of aromatic nitrogens is 5. The zero-order valence-electron chi connectivity index (χ0n) is 18.2. The molecule has 0 atom stereocenters. The molecule has 168 valence electrons. The molecule has 2 N–H and O–H groups in total. The molecule has 0 spiro atoms. The molecule has 0 saturated carbocycles. The third kappa shape index (κ3) is 4.27. The number of nitrogens with one attached hydrogen (secondary N) is 1. The van der Waals surface area contributed by atoms with Gasteiger partial charge in [-0.15, -0.1) is 0 Å². The number of phenolic OH excluding ortho intramolecular Hbond substituents is 1. The summed E-state index contributed by atoms with van der Waals surface area (Å²) in [5.41, 5.74) is 3.24. The topological polar surface area (TPSA) is 112 Å². The number of carbonyl (C=O) groups excluding carboxylic acids is 1. The first-order chi connectivity index (χ1) is 16.1. The molecule has 0 amide bonds. The van der Waals surface area contributed by atoms with E-state index in [1.165, 1.54) is 6.92 Å². The normalized spacial score (nSPS) is 14.0. The summed E-state index contributed by atoms with van der Waals surface area (Å²) in [4.78, 5) is 34.2. The fourth-order valence-electron chi connectivity index (χ4n) is 3.88. The number of piperazine rings is 1. The number of nitrogens with zero attached hydrogens (tertiary/aromatic N) is 7. The maximum atomic E-state index is 11.6. The average Bonchev–Trinajstić information content (AvgIpc) is 3.28. The Bertz CT molecular complexity index is 1270. The number of aromatic hydroxyl groups is 1. The second-order valence-electron chi connectivity index (χ2n) is 7.91. The number of carbonyl (C=O) groups is 1. The number of fused-ring (bicyclic) bond motifs is 1. The number of hydrogen-bond acceptors (Lipinski definition) is 9. The molecule has 0 radical (unpaired) electrons. The molecule has 1 aliphatic heterocycles. The Morgan fingerprint density at radius 1 is 0.970 bits per heavy atom. The highest BCUT2D eigenvalue weighted by Gasteiger charge is 2.22. The number of anilines is 3. The van der Waals surface area contributed by atoms with E-state index in [-0.39, 0.29) is 18.1 Å². The van der Waals surface area contributed by atoms with Crippen molar-refractivity contribution in [3.63, 3.8) is 0 Å². The Kier molecular flexibility index (Phi) is 5.47. The van der Waals surface area contributed by atoms with Gasteiger partial charge in [0.05, 0.1) is 12.2 Å². The largest absolute Gasteiger partial charge is 0.508 e. The maximum absolute atomic E-state index is 11.6. The molecule has 1 aliphatic rings. The van der Waals surface area contributed by atoms with Crippen molar-refractivity contribution in [1.29, 1.82) is 0 Å². The van der Waals surface area contributed by atoms with E-state index in [1.807, 2.05) is 28.8 Å². The van der Waals surface area contributed by atoms with Crippen LogP contribution < -0.4 is 15.1 Å². The monoisotopic (exact) mass is 444 g/mol. The van der Waals surface area contributed by atoms with Crippen LogP contribution in [-0.2, 0) is 4.79 Å². The van der Waals surface area contributed by atoms with Gasteiger partial charge in [0.2, 0.25) is 5.95 Å². The number of ketones is 1. The predicted molar refractivity (Wildman–Crippen MR) is 126 cm³/mol. The zero-order valence-corrected chi connectivity index (χ0v) is 18.2. The van der Waals surface area contributed by atoms with Crippen molar-refractivity contribution >= 4 is 34.4 Å². The summed E-state index contributed by atoms with van der Waals surface area (Å²) in [7, 11) is 0. The highest BCUT2D eigenvalue weighted by Crippen LogP contribution is 2.26. The first-order valence-electron chi connectivity index (χ1n) is 10.8. The number of pyridine rings is 1. The van der Waals surface area contributed by atoms with Crippen molar-refractivity contribution in [2.24, 2.45) is 0 Å². The van der Waals surface area contributed by atoms with E-state index < -0.39 is 0 Å². The molecule has 10 nitrogen and oxygen atoms in total. The van der Waals surface area contributed by atoms with Crippen molar-refractivity contribution in [2.75, 3.05) is 47.8 Å². The van der Waals surface area contributed by atoms with Crippen LogP contribution in [0.4, 0.5) is 17.5 Å². The molecule has 33 heavy (non-hydrogen) atoms. The van der Waals surface area contributed by atoms with Crippen molar-refractivity contribution in [1.82, 2.24) is 24.5 Å². The Balaban J connectivity index is 1.46. The summed E-state index contributed by atoms with van der Waals surface area (Å²) in [5, 5.41) is 12.7. The van der Waals surface area contributed by atoms with Gasteiger partial charge in [0, 0.05) is 44.3 Å². The van der Waals surface area contributed by atoms with Crippen LogP contribution in [0.3, 0.4) is 0 Å². The minimum absolute atomic E-state index is 0.0133. The van der Waals surface area contributed by atoms with Gasteiger partial charge in [-0.05, 0) is 43.3 Å². The van der Waals surface area contributed by atoms with Gasteiger partial charge in [-0.1, -0.05) is 0 Å². The van der Waals surface area contributed by atoms with Gasteiger partial charge in [-0.25, -0.2) is 4.98 Å². The molecule has 4 aromatic rings. The smallest absolute Gasteiger partial charge is 0.229 e. The number of hydrogen-bond donors (Lipinski definition) is 2. The summed E-state index contributed by atoms with van der Waals surface area (Å²) in [6, 6.07) is 11.0. The van der Waals surface area contributed by atoms with Gasteiger partial charge in [-0.3, -0.25) is 14.3 Å². The number of imidazole rings is 1. The van der Waals surface area contributed by atoms with Crippen LogP contribution in [0.5, 0.6) is 5.75 Å². The van der Waals surface area contributed by atoms with Gasteiger partial charge in [0.1, 0.15) is 17.9 Å². The lowest BCUT2D eigenvalue weighted by molar-refractivity contribution is -0.115. The predicted octanol–water partition coefficient (Wildman–Crippen LogP) is 2.24. The Morgan fingerprint density at radius 2 is 1.67 bits per heavy atom. The van der Waals surface area contributed by atoms with Crippen LogP contribution in [0.2, 0.25) is 0 Å². The molecule has 1 aromatic carbocycles. The van der Waals surface area contributed by atoms with Crippen molar-refractivity contribution in [3.05, 3.63) is 55.1 Å². The number of benzene rings is 1. The molecule has 10 heteroatoms. The summed E-state index contributed by atoms with van der Waals surface area (Å²) >= 11 is 0. The molecule has 5 rings (SSSR count). The van der Waals surface area contributed by atoms with Gasteiger partial charge in [0.25, 0.3) is 0 Å². The highest BCUT2D eigenvalue weighted by atomic mass is 16.3. The highest BCUT2D eigenvalue weighted by molar-refractivity contribution is 5.88. The SMILES string of the molecule is CC(=O)CNc1nc(N2CCN(c3ccc(O)cc3)CC2)nc2c1ncn2-c1ccncc1. The van der Waals surface area contributed by atoms with Crippen LogP contribution in [-0.4, -0.2) is 68.1 Å². The van der Waals surface area contributed by atoms with Crippen LogP contribution >= 0.6 is 0 Å². The van der Waals surface area contributed by atoms with Crippen LogP contribution in [0.15, 0.2) is 55.1 Å². The number of Topliss-reactive ketones (excluding diaryl/α,β-unsaturated/α-hetero) is 1.